The van der Waals surface area contributed by atoms with Gasteiger partial charge in [-0.2, -0.15) is 0 Å². The Morgan fingerprint density at radius 3 is 2.46 bits per heavy atom. The van der Waals surface area contributed by atoms with E-state index in [9.17, 15) is 4.39 Å². The van der Waals surface area contributed by atoms with Crippen LogP contribution in [0.5, 0.6) is 5.75 Å². The van der Waals surface area contributed by atoms with Gasteiger partial charge < -0.3 is 4.74 Å². The minimum Gasteiger partial charge on any atom is -0.495 e. The maximum absolute atomic E-state index is 13.1. The van der Waals surface area contributed by atoms with E-state index < -0.39 is 0 Å². The van der Waals surface area contributed by atoms with E-state index in [0.29, 0.717) is 5.75 Å². The number of ether oxygens (including phenoxy) is 1. The SMILES string of the molecule is COc1cc(F)cc(C(C)C)c1Br. The third-order valence-corrected chi connectivity index (χ3v) is 2.72. The van der Waals surface area contributed by atoms with E-state index in [-0.39, 0.29) is 11.7 Å². The van der Waals surface area contributed by atoms with E-state index in [2.05, 4.69) is 15.9 Å². The van der Waals surface area contributed by atoms with Gasteiger partial charge in [-0.25, -0.2) is 4.39 Å². The van der Waals surface area contributed by atoms with Crippen LogP contribution in [0.3, 0.4) is 0 Å². The molecular weight excluding hydrogens is 235 g/mol. The lowest BCUT2D eigenvalue weighted by Crippen LogP contribution is -1.94. The fourth-order valence-electron chi connectivity index (χ4n) is 1.15. The van der Waals surface area contributed by atoms with Crippen LogP contribution in [0.4, 0.5) is 4.39 Å². The number of hydrogen-bond acceptors (Lipinski definition) is 1. The molecule has 0 amide bonds. The molecule has 0 unspecified atom stereocenters. The summed E-state index contributed by atoms with van der Waals surface area (Å²) in [5.74, 6) is 0.562. The fourth-order valence-corrected chi connectivity index (χ4v) is 2.00. The minimum atomic E-state index is -0.260. The molecule has 1 nitrogen and oxygen atoms in total. The average Bonchev–Trinajstić information content (AvgIpc) is 2.08. The minimum absolute atomic E-state index is 0.260. The Kier molecular flexibility index (Phi) is 3.31. The highest BCUT2D eigenvalue weighted by atomic mass is 79.9. The van der Waals surface area contributed by atoms with E-state index in [4.69, 9.17) is 4.74 Å². The van der Waals surface area contributed by atoms with Crippen molar-refractivity contribution in [2.24, 2.45) is 0 Å². The molecule has 0 saturated carbocycles. The predicted octanol–water partition coefficient (Wildman–Crippen LogP) is 3.72. The van der Waals surface area contributed by atoms with Crippen LogP contribution in [0.15, 0.2) is 16.6 Å². The van der Waals surface area contributed by atoms with E-state index >= 15 is 0 Å². The second-order valence-corrected chi connectivity index (χ2v) is 3.96. The lowest BCUT2D eigenvalue weighted by atomic mass is 10.0. The van der Waals surface area contributed by atoms with Crippen LogP contribution in [0, 0.1) is 5.82 Å². The third kappa shape index (κ3) is 2.21. The molecule has 1 rings (SSSR count). The van der Waals surface area contributed by atoms with Gasteiger partial charge in [-0.1, -0.05) is 13.8 Å². The van der Waals surface area contributed by atoms with Gasteiger partial charge in [-0.3, -0.25) is 0 Å². The van der Waals surface area contributed by atoms with Crippen molar-refractivity contribution >= 4 is 15.9 Å². The molecule has 0 aliphatic carbocycles. The largest absolute Gasteiger partial charge is 0.495 e. The standard InChI is InChI=1S/C10H12BrFO/c1-6(2)8-4-7(12)5-9(13-3)10(8)11/h4-6H,1-3H3. The zero-order chi connectivity index (χ0) is 10.0. The van der Waals surface area contributed by atoms with Crippen molar-refractivity contribution in [1.82, 2.24) is 0 Å². The van der Waals surface area contributed by atoms with Crippen LogP contribution in [0.25, 0.3) is 0 Å². The smallest absolute Gasteiger partial charge is 0.136 e. The first-order chi connectivity index (χ1) is 6.06. The summed E-state index contributed by atoms with van der Waals surface area (Å²) in [5.41, 5.74) is 0.928. The second-order valence-electron chi connectivity index (χ2n) is 3.17. The van der Waals surface area contributed by atoms with Gasteiger partial charge in [0.2, 0.25) is 0 Å². The van der Waals surface area contributed by atoms with Crippen molar-refractivity contribution in [3.05, 3.63) is 28.0 Å². The lowest BCUT2D eigenvalue weighted by molar-refractivity contribution is 0.407. The molecule has 0 bridgehead atoms. The number of benzene rings is 1. The zero-order valence-electron chi connectivity index (χ0n) is 7.90. The Hall–Kier alpha value is -0.570. The Bertz CT molecular complexity index is 310. The van der Waals surface area contributed by atoms with Crippen LogP contribution in [-0.2, 0) is 0 Å². The Labute approximate surface area is 86.0 Å². The number of hydrogen-bond donors (Lipinski definition) is 0. The van der Waals surface area contributed by atoms with Gasteiger partial charge in [-0.15, -0.1) is 0 Å². The molecule has 0 heterocycles. The van der Waals surface area contributed by atoms with Crippen molar-refractivity contribution in [2.75, 3.05) is 7.11 Å². The maximum atomic E-state index is 13.1. The van der Waals surface area contributed by atoms with Gasteiger partial charge in [-0.05, 0) is 33.5 Å². The summed E-state index contributed by atoms with van der Waals surface area (Å²) in [4.78, 5) is 0. The maximum Gasteiger partial charge on any atom is 0.136 e. The van der Waals surface area contributed by atoms with Crippen molar-refractivity contribution in [2.45, 2.75) is 19.8 Å². The first-order valence-corrected chi connectivity index (χ1v) is 4.88. The van der Waals surface area contributed by atoms with Crippen molar-refractivity contribution in [3.63, 3.8) is 0 Å². The summed E-state index contributed by atoms with van der Waals surface area (Å²) in [5, 5.41) is 0. The quantitative estimate of drug-likeness (QED) is 0.773. The fraction of sp³-hybridized carbons (Fsp3) is 0.400. The average molecular weight is 247 g/mol. The van der Waals surface area contributed by atoms with Crippen LogP contribution >= 0.6 is 15.9 Å². The summed E-state index contributed by atoms with van der Waals surface area (Å²) in [6.07, 6.45) is 0. The normalized spacial score (nSPS) is 10.6. The molecule has 0 aromatic heterocycles. The molecule has 0 saturated heterocycles. The number of halogens is 2. The molecule has 1 aromatic carbocycles. The monoisotopic (exact) mass is 246 g/mol. The van der Waals surface area contributed by atoms with E-state index in [0.717, 1.165) is 10.0 Å². The molecule has 0 radical (unpaired) electrons. The van der Waals surface area contributed by atoms with Crippen LogP contribution in [0.2, 0.25) is 0 Å². The summed E-state index contributed by atoms with van der Waals surface area (Å²) in [6, 6.07) is 2.90. The molecule has 72 valence electrons. The molecule has 0 aliphatic rings. The molecule has 0 fully saturated rings. The molecule has 0 spiro atoms. The predicted molar refractivity (Wildman–Crippen MR) is 54.7 cm³/mol. The Balaban J connectivity index is 3.27. The number of methoxy groups -OCH3 is 1. The van der Waals surface area contributed by atoms with E-state index in [1.54, 1.807) is 0 Å². The van der Waals surface area contributed by atoms with Crippen LogP contribution < -0.4 is 4.74 Å². The molecule has 0 aliphatic heterocycles. The summed E-state index contributed by atoms with van der Waals surface area (Å²) in [6.45, 7) is 4.03. The first kappa shape index (κ1) is 10.5. The third-order valence-electron chi connectivity index (χ3n) is 1.87. The van der Waals surface area contributed by atoms with Gasteiger partial charge in [0, 0.05) is 6.07 Å². The highest BCUT2D eigenvalue weighted by molar-refractivity contribution is 9.10. The van der Waals surface area contributed by atoms with Gasteiger partial charge in [0.1, 0.15) is 11.6 Å². The molecule has 0 atom stereocenters. The summed E-state index contributed by atoms with van der Waals surface area (Å²) >= 11 is 3.38. The topological polar surface area (TPSA) is 9.23 Å². The van der Waals surface area contributed by atoms with Gasteiger partial charge >= 0.3 is 0 Å². The first-order valence-electron chi connectivity index (χ1n) is 4.09. The molecule has 13 heavy (non-hydrogen) atoms. The highest BCUT2D eigenvalue weighted by Gasteiger charge is 2.11. The van der Waals surface area contributed by atoms with E-state index in [1.165, 1.54) is 19.2 Å². The van der Waals surface area contributed by atoms with Crippen molar-refractivity contribution in [3.8, 4) is 5.75 Å². The Morgan fingerprint density at radius 2 is 2.00 bits per heavy atom. The van der Waals surface area contributed by atoms with Gasteiger partial charge in [0.05, 0.1) is 11.6 Å². The number of rotatable bonds is 2. The summed E-state index contributed by atoms with van der Waals surface area (Å²) < 4.78 is 18.9. The van der Waals surface area contributed by atoms with Crippen molar-refractivity contribution in [1.29, 1.82) is 0 Å². The molecular formula is C10H12BrFO. The van der Waals surface area contributed by atoms with Crippen LogP contribution in [0.1, 0.15) is 25.3 Å². The Morgan fingerprint density at radius 1 is 1.38 bits per heavy atom. The van der Waals surface area contributed by atoms with Gasteiger partial charge in [0.15, 0.2) is 0 Å². The zero-order valence-corrected chi connectivity index (χ0v) is 9.48. The van der Waals surface area contributed by atoms with Crippen molar-refractivity contribution < 1.29 is 9.13 Å². The summed E-state index contributed by atoms with van der Waals surface area (Å²) in [7, 11) is 1.53. The van der Waals surface area contributed by atoms with E-state index in [1.807, 2.05) is 13.8 Å². The molecule has 1 aromatic rings. The van der Waals surface area contributed by atoms with Gasteiger partial charge in [0.25, 0.3) is 0 Å². The lowest BCUT2D eigenvalue weighted by Gasteiger charge is -2.11. The second kappa shape index (κ2) is 4.09. The van der Waals surface area contributed by atoms with Crippen LogP contribution in [-0.4, -0.2) is 7.11 Å². The highest BCUT2D eigenvalue weighted by Crippen LogP contribution is 2.33. The molecule has 0 N–H and O–H groups in total. The molecule has 3 heteroatoms.